The maximum Gasteiger partial charge on any atom is 0.237 e. The number of rotatable bonds is 6. The second-order valence-electron chi connectivity index (χ2n) is 5.74. The maximum absolute atomic E-state index is 13.0. The van der Waals surface area contributed by atoms with Crippen LogP contribution in [0, 0.1) is 5.82 Å². The molecule has 1 heterocycles. The highest BCUT2D eigenvalue weighted by Crippen LogP contribution is 2.28. The first-order valence-electron chi connectivity index (χ1n) is 8.26. The Balaban J connectivity index is 1.73. The Labute approximate surface area is 155 Å². The first kappa shape index (κ1) is 18.1. The lowest BCUT2D eigenvalue weighted by Crippen LogP contribution is -2.25. The lowest BCUT2D eigenvalue weighted by atomic mass is 10.2. The van der Waals surface area contributed by atoms with Crippen molar-refractivity contribution in [1.82, 2.24) is 14.8 Å². The van der Waals surface area contributed by atoms with Gasteiger partial charge in [-0.2, -0.15) is 0 Å². The van der Waals surface area contributed by atoms with Crippen LogP contribution in [0.5, 0.6) is 0 Å². The fourth-order valence-electron chi connectivity index (χ4n) is 2.46. The third-order valence-electron chi connectivity index (χ3n) is 3.89. The van der Waals surface area contributed by atoms with Crippen molar-refractivity contribution in [3.8, 4) is 11.4 Å². The van der Waals surface area contributed by atoms with Gasteiger partial charge in [0, 0.05) is 18.3 Å². The van der Waals surface area contributed by atoms with Gasteiger partial charge in [-0.25, -0.2) is 4.39 Å². The number of amides is 1. The van der Waals surface area contributed by atoms with Crippen molar-refractivity contribution in [3.63, 3.8) is 0 Å². The zero-order chi connectivity index (χ0) is 18.5. The van der Waals surface area contributed by atoms with Crippen molar-refractivity contribution in [3.05, 3.63) is 60.4 Å². The minimum absolute atomic E-state index is 0.145. The summed E-state index contributed by atoms with van der Waals surface area (Å²) in [6, 6.07) is 15.5. The molecule has 0 spiro atoms. The van der Waals surface area contributed by atoms with Crippen LogP contribution in [0.1, 0.15) is 13.3 Å². The lowest BCUT2D eigenvalue weighted by Gasteiger charge is -2.14. The standard InChI is InChI=1S/C19H19FN4OS/c1-3-16(18(25)21-15-11-9-14(20)10-12-15)26-19-23-22-17(24(19)2)13-7-5-4-6-8-13/h4-12,16H,3H2,1-2H3,(H,21,25)/t16-/m1/s1. The van der Waals surface area contributed by atoms with Gasteiger partial charge in [-0.15, -0.1) is 10.2 Å². The molecule has 0 saturated heterocycles. The summed E-state index contributed by atoms with van der Waals surface area (Å²) in [7, 11) is 1.88. The first-order chi connectivity index (χ1) is 12.6. The minimum Gasteiger partial charge on any atom is -0.325 e. The molecule has 1 amide bonds. The fraction of sp³-hybridized carbons (Fsp3) is 0.211. The van der Waals surface area contributed by atoms with Crippen LogP contribution in [0.15, 0.2) is 59.8 Å². The van der Waals surface area contributed by atoms with Gasteiger partial charge in [-0.1, -0.05) is 49.0 Å². The molecule has 3 aromatic rings. The summed E-state index contributed by atoms with van der Waals surface area (Å²) in [4.78, 5) is 12.5. The Morgan fingerprint density at radius 2 is 1.85 bits per heavy atom. The van der Waals surface area contributed by atoms with Gasteiger partial charge in [0.05, 0.1) is 5.25 Å². The van der Waals surface area contributed by atoms with Gasteiger partial charge >= 0.3 is 0 Å². The van der Waals surface area contributed by atoms with E-state index in [2.05, 4.69) is 15.5 Å². The van der Waals surface area contributed by atoms with Crippen LogP contribution in [0.2, 0.25) is 0 Å². The summed E-state index contributed by atoms with van der Waals surface area (Å²) in [5.74, 6) is 0.271. The van der Waals surface area contributed by atoms with Crippen LogP contribution < -0.4 is 5.32 Å². The molecule has 5 nitrogen and oxygen atoms in total. The largest absolute Gasteiger partial charge is 0.325 e. The molecule has 0 aliphatic carbocycles. The van der Waals surface area contributed by atoms with E-state index in [1.165, 1.54) is 23.9 Å². The average Bonchev–Trinajstić information content (AvgIpc) is 3.02. The third-order valence-corrected chi connectivity index (χ3v) is 5.29. The molecular formula is C19H19FN4OS. The molecule has 3 rings (SSSR count). The number of thioether (sulfide) groups is 1. The Bertz CT molecular complexity index is 880. The van der Waals surface area contributed by atoms with E-state index in [1.54, 1.807) is 12.1 Å². The summed E-state index contributed by atoms with van der Waals surface area (Å²) >= 11 is 1.36. The summed E-state index contributed by atoms with van der Waals surface area (Å²) in [6.45, 7) is 1.94. The van der Waals surface area contributed by atoms with E-state index in [0.717, 1.165) is 11.4 Å². The molecule has 0 fully saturated rings. The molecule has 26 heavy (non-hydrogen) atoms. The van der Waals surface area contributed by atoms with Crippen molar-refractivity contribution in [2.45, 2.75) is 23.8 Å². The van der Waals surface area contributed by atoms with Crippen molar-refractivity contribution in [1.29, 1.82) is 0 Å². The van der Waals surface area contributed by atoms with Gasteiger partial charge in [-0.05, 0) is 30.7 Å². The molecule has 0 radical (unpaired) electrons. The molecule has 7 heteroatoms. The van der Waals surface area contributed by atoms with Gasteiger partial charge in [0.2, 0.25) is 5.91 Å². The average molecular weight is 370 g/mol. The molecule has 0 aliphatic heterocycles. The zero-order valence-corrected chi connectivity index (χ0v) is 15.3. The molecule has 0 unspecified atom stereocenters. The number of nitrogens with zero attached hydrogens (tertiary/aromatic N) is 3. The van der Waals surface area contributed by atoms with E-state index in [-0.39, 0.29) is 17.0 Å². The van der Waals surface area contributed by atoms with Crippen LogP contribution in [0.4, 0.5) is 10.1 Å². The van der Waals surface area contributed by atoms with Crippen LogP contribution in [-0.2, 0) is 11.8 Å². The summed E-state index contributed by atoms with van der Waals surface area (Å²) < 4.78 is 14.9. The first-order valence-corrected chi connectivity index (χ1v) is 9.14. The Kier molecular flexibility index (Phi) is 5.68. The summed E-state index contributed by atoms with van der Waals surface area (Å²) in [5, 5.41) is 11.6. The monoisotopic (exact) mass is 370 g/mol. The SMILES string of the molecule is CC[C@@H](Sc1nnc(-c2ccccc2)n1C)C(=O)Nc1ccc(F)cc1. The van der Waals surface area contributed by atoms with Gasteiger partial charge in [0.15, 0.2) is 11.0 Å². The molecule has 1 N–H and O–H groups in total. The summed E-state index contributed by atoms with van der Waals surface area (Å²) in [6.07, 6.45) is 0.630. The van der Waals surface area contributed by atoms with E-state index >= 15 is 0 Å². The number of benzene rings is 2. The van der Waals surface area contributed by atoms with Gasteiger partial charge in [0.25, 0.3) is 0 Å². The van der Waals surface area contributed by atoms with E-state index < -0.39 is 0 Å². The molecule has 0 aliphatic rings. The number of hydrogen-bond acceptors (Lipinski definition) is 4. The topological polar surface area (TPSA) is 59.8 Å². The Morgan fingerprint density at radius 1 is 1.15 bits per heavy atom. The zero-order valence-electron chi connectivity index (χ0n) is 14.5. The maximum atomic E-state index is 13.0. The Morgan fingerprint density at radius 3 is 2.50 bits per heavy atom. The molecule has 0 bridgehead atoms. The molecular weight excluding hydrogens is 351 g/mol. The Hall–Kier alpha value is -2.67. The van der Waals surface area contributed by atoms with E-state index in [9.17, 15) is 9.18 Å². The molecule has 2 aromatic carbocycles. The predicted octanol–water partition coefficient (Wildman–Crippen LogP) is 4.13. The highest BCUT2D eigenvalue weighted by atomic mass is 32.2. The number of carbonyl (C=O) groups excluding carboxylic acids is 1. The second-order valence-corrected chi connectivity index (χ2v) is 6.91. The number of halogens is 1. The van der Waals surface area contributed by atoms with Gasteiger partial charge < -0.3 is 9.88 Å². The lowest BCUT2D eigenvalue weighted by molar-refractivity contribution is -0.115. The highest BCUT2D eigenvalue weighted by molar-refractivity contribution is 8.00. The molecule has 134 valence electrons. The third kappa shape index (κ3) is 4.11. The van der Waals surface area contributed by atoms with E-state index in [0.29, 0.717) is 17.3 Å². The number of aromatic nitrogens is 3. The minimum atomic E-state index is -0.336. The number of carbonyl (C=O) groups is 1. The number of anilines is 1. The van der Waals surface area contributed by atoms with Crippen LogP contribution in [-0.4, -0.2) is 25.9 Å². The van der Waals surface area contributed by atoms with Crippen molar-refractivity contribution in [2.24, 2.45) is 7.05 Å². The summed E-state index contributed by atoms with van der Waals surface area (Å²) in [5.41, 5.74) is 1.54. The van der Waals surface area contributed by atoms with Crippen LogP contribution >= 0.6 is 11.8 Å². The van der Waals surface area contributed by atoms with Crippen molar-refractivity contribution in [2.75, 3.05) is 5.32 Å². The van der Waals surface area contributed by atoms with Gasteiger partial charge in [0.1, 0.15) is 5.82 Å². The highest BCUT2D eigenvalue weighted by Gasteiger charge is 2.22. The van der Waals surface area contributed by atoms with Crippen molar-refractivity contribution >= 4 is 23.4 Å². The molecule has 0 saturated carbocycles. The fourth-order valence-corrected chi connectivity index (χ4v) is 3.38. The van der Waals surface area contributed by atoms with E-state index in [1.807, 2.05) is 48.9 Å². The normalized spacial score (nSPS) is 12.0. The smallest absolute Gasteiger partial charge is 0.237 e. The van der Waals surface area contributed by atoms with Gasteiger partial charge in [-0.3, -0.25) is 4.79 Å². The van der Waals surface area contributed by atoms with Crippen LogP contribution in [0.25, 0.3) is 11.4 Å². The molecule has 1 aromatic heterocycles. The number of hydrogen-bond donors (Lipinski definition) is 1. The van der Waals surface area contributed by atoms with E-state index in [4.69, 9.17) is 0 Å². The number of nitrogens with one attached hydrogen (secondary N) is 1. The molecule has 1 atom stereocenters. The van der Waals surface area contributed by atoms with Crippen molar-refractivity contribution < 1.29 is 9.18 Å². The van der Waals surface area contributed by atoms with Crippen LogP contribution in [0.3, 0.4) is 0 Å². The second kappa shape index (κ2) is 8.14. The quantitative estimate of drug-likeness (QED) is 0.663. The predicted molar refractivity (Wildman–Crippen MR) is 101 cm³/mol.